The number of nitrogens with zero attached hydrogens (tertiary/aromatic N) is 2. The SMILES string of the molecule is CCC(CC1CC1)Nc1cc(NC)nc(SC)n1. The summed E-state index contributed by atoms with van der Waals surface area (Å²) < 4.78 is 0. The molecule has 1 aromatic rings. The standard InChI is InChI=1S/C13H22N4S/c1-4-10(7-9-5-6-9)15-12-8-11(14-2)16-13(17-12)18-3/h8-10H,4-7H2,1-3H3,(H2,14,15,16,17). The molecule has 1 unspecified atom stereocenters. The fourth-order valence-electron chi connectivity index (χ4n) is 2.01. The van der Waals surface area contributed by atoms with E-state index >= 15 is 0 Å². The molecule has 1 saturated carbocycles. The molecule has 0 radical (unpaired) electrons. The number of rotatable bonds is 7. The van der Waals surface area contributed by atoms with Crippen molar-refractivity contribution in [2.75, 3.05) is 23.9 Å². The third-order valence-electron chi connectivity index (χ3n) is 3.30. The highest BCUT2D eigenvalue weighted by molar-refractivity contribution is 7.98. The van der Waals surface area contributed by atoms with Crippen molar-refractivity contribution in [1.82, 2.24) is 9.97 Å². The molecular weight excluding hydrogens is 244 g/mol. The molecule has 100 valence electrons. The van der Waals surface area contributed by atoms with Crippen molar-refractivity contribution in [2.24, 2.45) is 5.92 Å². The minimum absolute atomic E-state index is 0.534. The van der Waals surface area contributed by atoms with Gasteiger partial charge in [0.15, 0.2) is 5.16 Å². The van der Waals surface area contributed by atoms with Crippen molar-refractivity contribution in [2.45, 2.75) is 43.8 Å². The second-order valence-corrected chi connectivity index (χ2v) is 5.58. The molecular formula is C13H22N4S. The topological polar surface area (TPSA) is 49.8 Å². The molecule has 0 bridgehead atoms. The second-order valence-electron chi connectivity index (χ2n) is 4.80. The lowest BCUT2D eigenvalue weighted by atomic mass is 10.1. The molecule has 0 amide bonds. The van der Waals surface area contributed by atoms with Crippen molar-refractivity contribution in [3.05, 3.63) is 6.07 Å². The van der Waals surface area contributed by atoms with E-state index in [0.29, 0.717) is 6.04 Å². The molecule has 0 saturated heterocycles. The van der Waals surface area contributed by atoms with E-state index in [9.17, 15) is 0 Å². The first-order chi connectivity index (χ1) is 8.75. The summed E-state index contributed by atoms with van der Waals surface area (Å²) in [6, 6.07) is 2.52. The summed E-state index contributed by atoms with van der Waals surface area (Å²) in [5, 5.41) is 7.44. The van der Waals surface area contributed by atoms with Crippen LogP contribution in [0.5, 0.6) is 0 Å². The van der Waals surface area contributed by atoms with Crippen molar-refractivity contribution >= 4 is 23.4 Å². The van der Waals surface area contributed by atoms with E-state index in [1.54, 1.807) is 11.8 Å². The van der Waals surface area contributed by atoms with E-state index in [1.165, 1.54) is 19.3 Å². The first-order valence-corrected chi connectivity index (χ1v) is 7.85. The molecule has 1 atom stereocenters. The van der Waals surface area contributed by atoms with Crippen LogP contribution in [-0.4, -0.2) is 29.3 Å². The molecule has 4 nitrogen and oxygen atoms in total. The zero-order chi connectivity index (χ0) is 13.0. The van der Waals surface area contributed by atoms with E-state index in [-0.39, 0.29) is 0 Å². The lowest BCUT2D eigenvalue weighted by Gasteiger charge is -2.18. The van der Waals surface area contributed by atoms with Gasteiger partial charge in [-0.05, 0) is 25.0 Å². The molecule has 1 aliphatic carbocycles. The number of hydrogen-bond acceptors (Lipinski definition) is 5. The van der Waals surface area contributed by atoms with Gasteiger partial charge in [0.1, 0.15) is 11.6 Å². The molecule has 18 heavy (non-hydrogen) atoms. The maximum absolute atomic E-state index is 4.52. The van der Waals surface area contributed by atoms with Crippen LogP contribution in [0.25, 0.3) is 0 Å². The number of aromatic nitrogens is 2. The Hall–Kier alpha value is -0.970. The molecule has 0 aliphatic heterocycles. The Balaban J connectivity index is 2.05. The lowest BCUT2D eigenvalue weighted by molar-refractivity contribution is 0.584. The molecule has 1 aromatic heterocycles. The highest BCUT2D eigenvalue weighted by Gasteiger charge is 2.24. The van der Waals surface area contributed by atoms with E-state index in [0.717, 1.165) is 29.1 Å². The summed E-state index contributed by atoms with van der Waals surface area (Å²) in [6.07, 6.45) is 7.22. The predicted molar refractivity (Wildman–Crippen MR) is 78.4 cm³/mol. The van der Waals surface area contributed by atoms with Gasteiger partial charge in [0.05, 0.1) is 0 Å². The summed E-state index contributed by atoms with van der Waals surface area (Å²) >= 11 is 1.57. The Morgan fingerprint density at radius 3 is 2.67 bits per heavy atom. The van der Waals surface area contributed by atoms with Crippen molar-refractivity contribution in [3.63, 3.8) is 0 Å². The highest BCUT2D eigenvalue weighted by Crippen LogP contribution is 2.34. The number of nitrogens with one attached hydrogen (secondary N) is 2. The number of hydrogen-bond donors (Lipinski definition) is 2. The van der Waals surface area contributed by atoms with E-state index in [1.807, 2.05) is 19.4 Å². The third kappa shape index (κ3) is 3.77. The zero-order valence-corrected chi connectivity index (χ0v) is 12.2. The highest BCUT2D eigenvalue weighted by atomic mass is 32.2. The summed E-state index contributed by atoms with van der Waals surface area (Å²) in [5.41, 5.74) is 0. The summed E-state index contributed by atoms with van der Waals surface area (Å²) in [7, 11) is 1.89. The maximum Gasteiger partial charge on any atom is 0.191 e. The van der Waals surface area contributed by atoms with Gasteiger partial charge >= 0.3 is 0 Å². The maximum atomic E-state index is 4.52. The molecule has 2 N–H and O–H groups in total. The van der Waals surface area contributed by atoms with Gasteiger partial charge < -0.3 is 10.6 Å². The minimum Gasteiger partial charge on any atom is -0.373 e. The Morgan fingerprint density at radius 1 is 1.39 bits per heavy atom. The van der Waals surface area contributed by atoms with E-state index < -0.39 is 0 Å². The lowest BCUT2D eigenvalue weighted by Crippen LogP contribution is -2.20. The Labute approximate surface area is 113 Å². The second kappa shape index (κ2) is 6.27. The fourth-order valence-corrected chi connectivity index (χ4v) is 2.39. The molecule has 1 heterocycles. The molecule has 0 spiro atoms. The summed E-state index contributed by atoms with van der Waals surface area (Å²) in [4.78, 5) is 8.89. The van der Waals surface area contributed by atoms with Crippen LogP contribution in [0, 0.1) is 5.92 Å². The Kier molecular flexibility index (Phi) is 4.69. The van der Waals surface area contributed by atoms with Gasteiger partial charge in [0, 0.05) is 19.2 Å². The minimum atomic E-state index is 0.534. The van der Waals surface area contributed by atoms with E-state index in [2.05, 4.69) is 27.5 Å². The summed E-state index contributed by atoms with van der Waals surface area (Å²) in [6.45, 7) is 2.23. The van der Waals surface area contributed by atoms with Gasteiger partial charge in [-0.1, -0.05) is 31.5 Å². The summed E-state index contributed by atoms with van der Waals surface area (Å²) in [5.74, 6) is 2.75. The van der Waals surface area contributed by atoms with Crippen molar-refractivity contribution < 1.29 is 0 Å². The predicted octanol–water partition coefficient (Wildman–Crippen LogP) is 3.23. The van der Waals surface area contributed by atoms with Crippen molar-refractivity contribution in [1.29, 1.82) is 0 Å². The van der Waals surface area contributed by atoms with Gasteiger partial charge in [0.25, 0.3) is 0 Å². The van der Waals surface area contributed by atoms with Gasteiger partial charge in [-0.3, -0.25) is 0 Å². The van der Waals surface area contributed by atoms with Crippen molar-refractivity contribution in [3.8, 4) is 0 Å². The number of thioether (sulfide) groups is 1. The van der Waals surface area contributed by atoms with Crippen LogP contribution in [0.4, 0.5) is 11.6 Å². The average Bonchev–Trinajstić information content (AvgIpc) is 3.21. The first kappa shape index (κ1) is 13.5. The normalized spacial score (nSPS) is 16.4. The van der Waals surface area contributed by atoms with Crippen LogP contribution < -0.4 is 10.6 Å². The Bertz CT molecular complexity index is 370. The molecule has 0 aromatic carbocycles. The Morgan fingerprint density at radius 2 is 2.11 bits per heavy atom. The molecule has 5 heteroatoms. The molecule has 2 rings (SSSR count). The van der Waals surface area contributed by atoms with Crippen LogP contribution >= 0.6 is 11.8 Å². The number of anilines is 2. The monoisotopic (exact) mass is 266 g/mol. The smallest absolute Gasteiger partial charge is 0.191 e. The molecule has 1 fully saturated rings. The van der Waals surface area contributed by atoms with Gasteiger partial charge in [-0.2, -0.15) is 0 Å². The van der Waals surface area contributed by atoms with Crippen LogP contribution in [-0.2, 0) is 0 Å². The first-order valence-electron chi connectivity index (χ1n) is 6.62. The van der Waals surface area contributed by atoms with Crippen LogP contribution in [0.15, 0.2) is 11.2 Å². The quantitative estimate of drug-likeness (QED) is 0.586. The van der Waals surface area contributed by atoms with Crippen LogP contribution in [0.2, 0.25) is 0 Å². The zero-order valence-electron chi connectivity index (χ0n) is 11.4. The fraction of sp³-hybridized carbons (Fsp3) is 0.692. The van der Waals surface area contributed by atoms with Gasteiger partial charge in [0.2, 0.25) is 0 Å². The van der Waals surface area contributed by atoms with Crippen LogP contribution in [0.1, 0.15) is 32.6 Å². The molecule has 1 aliphatic rings. The van der Waals surface area contributed by atoms with Gasteiger partial charge in [-0.25, -0.2) is 9.97 Å². The third-order valence-corrected chi connectivity index (χ3v) is 3.85. The van der Waals surface area contributed by atoms with Gasteiger partial charge in [-0.15, -0.1) is 0 Å². The average molecular weight is 266 g/mol. The van der Waals surface area contributed by atoms with Crippen LogP contribution in [0.3, 0.4) is 0 Å². The largest absolute Gasteiger partial charge is 0.373 e. The van der Waals surface area contributed by atoms with E-state index in [4.69, 9.17) is 0 Å².